The summed E-state index contributed by atoms with van der Waals surface area (Å²) in [4.78, 5) is 0. The van der Waals surface area contributed by atoms with Gasteiger partial charge in [0.15, 0.2) is 0 Å². The zero-order chi connectivity index (χ0) is 12.5. The normalized spacial score (nSPS) is 12.6. The van der Waals surface area contributed by atoms with Crippen LogP contribution in [-0.2, 0) is 11.2 Å². The second-order valence-electron chi connectivity index (χ2n) is 4.59. The average Bonchev–Trinajstić information content (AvgIpc) is 2.36. The number of aryl methyl sites for hydroxylation is 1. The van der Waals surface area contributed by atoms with E-state index in [1.54, 1.807) is 7.11 Å². The van der Waals surface area contributed by atoms with Crippen molar-refractivity contribution in [1.29, 1.82) is 0 Å². The zero-order valence-corrected chi connectivity index (χ0v) is 11.3. The maximum atomic E-state index is 5.01. The molecule has 1 atom stereocenters. The first-order chi connectivity index (χ1) is 8.27. The summed E-state index contributed by atoms with van der Waals surface area (Å²) in [5, 5.41) is 3.40. The maximum Gasteiger partial charge on any atom is 0.0587 e. The predicted molar refractivity (Wildman–Crippen MR) is 73.6 cm³/mol. The van der Waals surface area contributed by atoms with Crippen molar-refractivity contribution in [1.82, 2.24) is 5.32 Å². The summed E-state index contributed by atoms with van der Waals surface area (Å²) in [6.45, 7) is 7.19. The van der Waals surface area contributed by atoms with Crippen LogP contribution in [0.2, 0.25) is 0 Å². The van der Waals surface area contributed by atoms with Gasteiger partial charge in [0.2, 0.25) is 0 Å². The molecule has 0 saturated carbocycles. The van der Waals surface area contributed by atoms with E-state index in [9.17, 15) is 0 Å². The molecule has 0 aliphatic heterocycles. The van der Waals surface area contributed by atoms with Crippen molar-refractivity contribution in [2.24, 2.45) is 0 Å². The van der Waals surface area contributed by atoms with Crippen LogP contribution in [0.15, 0.2) is 24.3 Å². The lowest BCUT2D eigenvalue weighted by molar-refractivity contribution is 0.199. The standard InChI is InChI=1S/C15H25NO/c1-4-5-14-6-8-15(9-7-14)13(2)12-16-10-11-17-3/h6-9,13,16H,4-5,10-12H2,1-3H3. The summed E-state index contributed by atoms with van der Waals surface area (Å²) < 4.78 is 5.01. The van der Waals surface area contributed by atoms with E-state index in [4.69, 9.17) is 4.74 Å². The van der Waals surface area contributed by atoms with Gasteiger partial charge in [0.05, 0.1) is 6.61 Å². The molecule has 0 fully saturated rings. The van der Waals surface area contributed by atoms with Gasteiger partial charge < -0.3 is 10.1 Å². The molecule has 96 valence electrons. The molecule has 1 N–H and O–H groups in total. The molecule has 0 heterocycles. The molecule has 0 amide bonds. The Morgan fingerprint density at radius 2 is 1.94 bits per heavy atom. The Labute approximate surface area is 105 Å². The van der Waals surface area contributed by atoms with E-state index in [0.717, 1.165) is 19.7 Å². The van der Waals surface area contributed by atoms with Gasteiger partial charge in [0.1, 0.15) is 0 Å². The van der Waals surface area contributed by atoms with Gasteiger partial charge in [-0.25, -0.2) is 0 Å². The van der Waals surface area contributed by atoms with Gasteiger partial charge >= 0.3 is 0 Å². The fourth-order valence-electron chi connectivity index (χ4n) is 1.91. The van der Waals surface area contributed by atoms with Crippen molar-refractivity contribution in [2.75, 3.05) is 26.8 Å². The Bertz CT molecular complexity index is 294. The second-order valence-corrected chi connectivity index (χ2v) is 4.59. The minimum atomic E-state index is 0.558. The lowest BCUT2D eigenvalue weighted by Crippen LogP contribution is -2.23. The quantitative estimate of drug-likeness (QED) is 0.699. The van der Waals surface area contributed by atoms with Crippen LogP contribution in [0.4, 0.5) is 0 Å². The largest absolute Gasteiger partial charge is 0.383 e. The Balaban J connectivity index is 2.37. The van der Waals surface area contributed by atoms with Gasteiger partial charge in [-0.2, -0.15) is 0 Å². The first kappa shape index (κ1) is 14.2. The Hall–Kier alpha value is -0.860. The predicted octanol–water partition coefficient (Wildman–Crippen LogP) is 2.98. The number of hydrogen-bond donors (Lipinski definition) is 1. The van der Waals surface area contributed by atoms with Crippen LogP contribution in [0.1, 0.15) is 37.3 Å². The van der Waals surface area contributed by atoms with Crippen molar-refractivity contribution in [3.8, 4) is 0 Å². The summed E-state index contributed by atoms with van der Waals surface area (Å²) in [5.41, 5.74) is 2.85. The Morgan fingerprint density at radius 3 is 2.53 bits per heavy atom. The van der Waals surface area contributed by atoms with Crippen LogP contribution in [0.25, 0.3) is 0 Å². The van der Waals surface area contributed by atoms with Gasteiger partial charge in [-0.1, -0.05) is 44.5 Å². The molecule has 17 heavy (non-hydrogen) atoms. The Kier molecular flexibility index (Phi) is 6.90. The molecule has 1 aromatic carbocycles. The second kappa shape index (κ2) is 8.26. The molecule has 0 bridgehead atoms. The number of hydrogen-bond acceptors (Lipinski definition) is 2. The molecular weight excluding hydrogens is 210 g/mol. The molecule has 0 radical (unpaired) electrons. The number of nitrogens with one attached hydrogen (secondary N) is 1. The maximum absolute atomic E-state index is 5.01. The van der Waals surface area contributed by atoms with Gasteiger partial charge in [0, 0.05) is 20.2 Å². The molecule has 2 nitrogen and oxygen atoms in total. The van der Waals surface area contributed by atoms with E-state index in [1.807, 2.05) is 0 Å². The van der Waals surface area contributed by atoms with Crippen LogP contribution in [0.3, 0.4) is 0 Å². The van der Waals surface area contributed by atoms with Crippen LogP contribution in [0, 0.1) is 0 Å². The zero-order valence-electron chi connectivity index (χ0n) is 11.3. The lowest BCUT2D eigenvalue weighted by Gasteiger charge is -2.13. The van der Waals surface area contributed by atoms with Crippen molar-refractivity contribution in [2.45, 2.75) is 32.6 Å². The summed E-state index contributed by atoms with van der Waals surface area (Å²) in [6, 6.07) is 9.02. The fraction of sp³-hybridized carbons (Fsp3) is 0.600. The fourth-order valence-corrected chi connectivity index (χ4v) is 1.91. The van der Waals surface area contributed by atoms with Crippen LogP contribution < -0.4 is 5.32 Å². The van der Waals surface area contributed by atoms with E-state index in [0.29, 0.717) is 5.92 Å². The van der Waals surface area contributed by atoms with E-state index < -0.39 is 0 Å². The van der Waals surface area contributed by atoms with Crippen LogP contribution in [0.5, 0.6) is 0 Å². The van der Waals surface area contributed by atoms with E-state index in [-0.39, 0.29) is 0 Å². The van der Waals surface area contributed by atoms with E-state index >= 15 is 0 Å². The van der Waals surface area contributed by atoms with Crippen LogP contribution >= 0.6 is 0 Å². The number of benzene rings is 1. The highest BCUT2D eigenvalue weighted by molar-refractivity contribution is 5.25. The molecule has 1 aromatic rings. The molecule has 0 aliphatic carbocycles. The van der Waals surface area contributed by atoms with E-state index in [1.165, 1.54) is 24.0 Å². The van der Waals surface area contributed by atoms with Crippen molar-refractivity contribution in [3.63, 3.8) is 0 Å². The highest BCUT2D eigenvalue weighted by Gasteiger charge is 2.04. The topological polar surface area (TPSA) is 21.3 Å². The summed E-state index contributed by atoms with van der Waals surface area (Å²) in [6.07, 6.45) is 2.40. The highest BCUT2D eigenvalue weighted by atomic mass is 16.5. The molecule has 0 aromatic heterocycles. The minimum absolute atomic E-state index is 0.558. The van der Waals surface area contributed by atoms with Gasteiger partial charge in [-0.15, -0.1) is 0 Å². The third kappa shape index (κ3) is 5.33. The SMILES string of the molecule is CCCc1ccc(C(C)CNCCOC)cc1. The van der Waals surface area contributed by atoms with Crippen LogP contribution in [-0.4, -0.2) is 26.8 Å². The van der Waals surface area contributed by atoms with Gasteiger partial charge in [-0.3, -0.25) is 0 Å². The first-order valence-corrected chi connectivity index (χ1v) is 6.56. The summed E-state index contributed by atoms with van der Waals surface area (Å²) >= 11 is 0. The monoisotopic (exact) mass is 235 g/mol. The molecule has 0 saturated heterocycles. The molecule has 1 unspecified atom stereocenters. The molecule has 0 aliphatic rings. The smallest absolute Gasteiger partial charge is 0.0587 e. The number of rotatable bonds is 8. The van der Waals surface area contributed by atoms with Crippen molar-refractivity contribution >= 4 is 0 Å². The van der Waals surface area contributed by atoms with Gasteiger partial charge in [0.25, 0.3) is 0 Å². The summed E-state index contributed by atoms with van der Waals surface area (Å²) in [7, 11) is 1.73. The third-order valence-corrected chi connectivity index (χ3v) is 3.02. The van der Waals surface area contributed by atoms with Crippen molar-refractivity contribution in [3.05, 3.63) is 35.4 Å². The Morgan fingerprint density at radius 1 is 1.24 bits per heavy atom. The number of methoxy groups -OCH3 is 1. The van der Waals surface area contributed by atoms with Crippen molar-refractivity contribution < 1.29 is 4.74 Å². The first-order valence-electron chi connectivity index (χ1n) is 6.56. The summed E-state index contributed by atoms with van der Waals surface area (Å²) in [5.74, 6) is 0.558. The molecule has 0 spiro atoms. The van der Waals surface area contributed by atoms with E-state index in [2.05, 4.69) is 43.4 Å². The molecule has 2 heteroatoms. The van der Waals surface area contributed by atoms with Gasteiger partial charge in [-0.05, 0) is 23.5 Å². The highest BCUT2D eigenvalue weighted by Crippen LogP contribution is 2.15. The minimum Gasteiger partial charge on any atom is -0.383 e. The average molecular weight is 235 g/mol. The molecular formula is C15H25NO. The molecule has 1 rings (SSSR count). The lowest BCUT2D eigenvalue weighted by atomic mass is 9.99. The third-order valence-electron chi connectivity index (χ3n) is 3.02. The number of ether oxygens (including phenoxy) is 1.